The molecule has 1 unspecified atom stereocenters. The van der Waals surface area contributed by atoms with Crippen molar-refractivity contribution in [2.24, 2.45) is 0 Å². The number of aliphatic carboxylic acids is 1. The van der Waals surface area contributed by atoms with Crippen molar-refractivity contribution in [3.63, 3.8) is 0 Å². The van der Waals surface area contributed by atoms with Crippen LogP contribution in [-0.4, -0.2) is 39.9 Å². The molecular formula is C23H24BrFN2O2. The summed E-state index contributed by atoms with van der Waals surface area (Å²) < 4.78 is 18.0. The van der Waals surface area contributed by atoms with Crippen LogP contribution >= 0.6 is 15.9 Å². The van der Waals surface area contributed by atoms with Crippen LogP contribution in [-0.2, 0) is 17.6 Å². The average molecular weight is 459 g/mol. The van der Waals surface area contributed by atoms with Gasteiger partial charge in [0, 0.05) is 36.5 Å². The maximum atomic E-state index is 14.8. The van der Waals surface area contributed by atoms with Crippen LogP contribution in [0.25, 0.3) is 10.9 Å². The van der Waals surface area contributed by atoms with Crippen molar-refractivity contribution in [3.05, 3.63) is 70.3 Å². The Labute approximate surface area is 178 Å². The van der Waals surface area contributed by atoms with Gasteiger partial charge in [-0.1, -0.05) is 42.5 Å². The van der Waals surface area contributed by atoms with Gasteiger partial charge >= 0.3 is 5.97 Å². The van der Waals surface area contributed by atoms with Gasteiger partial charge in [-0.25, -0.2) is 4.39 Å². The van der Waals surface area contributed by atoms with Crippen molar-refractivity contribution in [1.29, 1.82) is 0 Å². The number of hydrogen-bond acceptors (Lipinski definition) is 2. The van der Waals surface area contributed by atoms with Gasteiger partial charge in [-0.15, -0.1) is 0 Å². The summed E-state index contributed by atoms with van der Waals surface area (Å²) in [7, 11) is 0. The summed E-state index contributed by atoms with van der Waals surface area (Å²) in [6.45, 7) is 1.42. The molecule has 29 heavy (non-hydrogen) atoms. The van der Waals surface area contributed by atoms with Crippen molar-refractivity contribution < 1.29 is 14.3 Å². The van der Waals surface area contributed by atoms with Gasteiger partial charge in [-0.3, -0.25) is 9.69 Å². The molecule has 0 aliphatic carbocycles. The molecule has 1 fully saturated rings. The van der Waals surface area contributed by atoms with E-state index in [1.54, 1.807) is 0 Å². The third kappa shape index (κ3) is 4.54. The normalized spacial score (nSPS) is 16.9. The lowest BCUT2D eigenvalue weighted by molar-refractivity contribution is -0.136. The van der Waals surface area contributed by atoms with E-state index < -0.39 is 12.3 Å². The van der Waals surface area contributed by atoms with Crippen LogP contribution in [0.4, 0.5) is 4.39 Å². The molecule has 2 aromatic carbocycles. The largest absolute Gasteiger partial charge is 0.481 e. The number of hydrogen-bond donors (Lipinski definition) is 1. The van der Waals surface area contributed by atoms with Crippen LogP contribution in [0.5, 0.6) is 0 Å². The summed E-state index contributed by atoms with van der Waals surface area (Å²) in [5.41, 5.74) is 2.85. The van der Waals surface area contributed by atoms with Gasteiger partial charge in [0.05, 0.1) is 11.0 Å². The molecule has 3 aromatic rings. The highest BCUT2D eigenvalue weighted by Gasteiger charge is 2.27. The number of halogens is 2. The van der Waals surface area contributed by atoms with Crippen LogP contribution in [0.15, 0.2) is 59.2 Å². The molecule has 4 nitrogen and oxygen atoms in total. The molecule has 1 aliphatic rings. The van der Waals surface area contributed by atoms with E-state index in [-0.39, 0.29) is 12.5 Å². The van der Waals surface area contributed by atoms with E-state index in [4.69, 9.17) is 5.11 Å². The number of piperidine rings is 1. The second kappa shape index (κ2) is 8.67. The number of carboxylic acids is 1. The maximum Gasteiger partial charge on any atom is 0.307 e. The molecule has 1 atom stereocenters. The van der Waals surface area contributed by atoms with Crippen LogP contribution in [0.1, 0.15) is 30.0 Å². The van der Waals surface area contributed by atoms with Crippen molar-refractivity contribution in [2.75, 3.05) is 13.1 Å². The van der Waals surface area contributed by atoms with Crippen molar-refractivity contribution in [2.45, 2.75) is 38.0 Å². The van der Waals surface area contributed by atoms with E-state index in [9.17, 15) is 9.18 Å². The van der Waals surface area contributed by atoms with E-state index >= 15 is 0 Å². The minimum atomic E-state index is -0.967. The fourth-order valence-corrected chi connectivity index (χ4v) is 4.98. The summed E-state index contributed by atoms with van der Waals surface area (Å²) in [5, 5.41) is 10.2. The topological polar surface area (TPSA) is 45.5 Å². The molecule has 1 aromatic heterocycles. The third-order valence-corrected chi connectivity index (χ3v) is 6.33. The second-order valence-electron chi connectivity index (χ2n) is 7.69. The molecule has 0 radical (unpaired) electrons. The van der Waals surface area contributed by atoms with Gasteiger partial charge in [-0.2, -0.15) is 0 Å². The summed E-state index contributed by atoms with van der Waals surface area (Å²) >= 11 is 3.67. The van der Waals surface area contributed by atoms with Crippen LogP contribution < -0.4 is 0 Å². The van der Waals surface area contributed by atoms with Gasteiger partial charge in [-0.05, 0) is 52.0 Å². The number of nitrogens with zero attached hydrogens (tertiary/aromatic N) is 2. The smallest absolute Gasteiger partial charge is 0.307 e. The van der Waals surface area contributed by atoms with E-state index in [1.165, 1.54) is 0 Å². The quantitative estimate of drug-likeness (QED) is 0.515. The molecule has 1 saturated heterocycles. The molecule has 6 heteroatoms. The Morgan fingerprint density at radius 3 is 2.52 bits per heavy atom. The molecule has 2 heterocycles. The fraction of sp³-hybridized carbons (Fsp3) is 0.348. The molecular weight excluding hydrogens is 435 g/mol. The molecule has 152 valence electrons. The summed E-state index contributed by atoms with van der Waals surface area (Å²) in [6, 6.07) is 17.9. The van der Waals surface area contributed by atoms with Crippen molar-refractivity contribution in [3.8, 4) is 0 Å². The molecule has 4 rings (SSSR count). The van der Waals surface area contributed by atoms with Crippen LogP contribution in [0, 0.1) is 0 Å². The number of aromatic nitrogens is 1. The molecule has 1 N–H and O–H groups in total. The lowest BCUT2D eigenvalue weighted by Gasteiger charge is -2.35. The SMILES string of the molecule is O=C(O)Cc1ccc2cc(Br)n(C3CCN(C(F)Cc4ccccc4)CC3)c2c1. The Morgan fingerprint density at radius 1 is 1.10 bits per heavy atom. The molecule has 0 amide bonds. The van der Waals surface area contributed by atoms with E-state index in [1.807, 2.05) is 53.4 Å². The van der Waals surface area contributed by atoms with Gasteiger partial charge in [0.1, 0.15) is 0 Å². The maximum absolute atomic E-state index is 14.8. The first kappa shape index (κ1) is 20.1. The first-order chi connectivity index (χ1) is 14.0. The molecule has 1 aliphatic heterocycles. The van der Waals surface area contributed by atoms with Crippen molar-refractivity contribution >= 4 is 32.8 Å². The highest BCUT2D eigenvalue weighted by atomic mass is 79.9. The Hall–Kier alpha value is -2.18. The van der Waals surface area contributed by atoms with Gasteiger partial charge in [0.15, 0.2) is 6.30 Å². The Morgan fingerprint density at radius 2 is 1.83 bits per heavy atom. The minimum Gasteiger partial charge on any atom is -0.481 e. The van der Waals surface area contributed by atoms with Gasteiger partial charge in [0.2, 0.25) is 0 Å². The minimum absolute atomic E-state index is 0.0141. The summed E-state index contributed by atoms with van der Waals surface area (Å²) in [5.74, 6) is -0.831. The number of benzene rings is 2. The fourth-order valence-electron chi connectivity index (χ4n) is 4.25. The lowest BCUT2D eigenvalue weighted by Crippen LogP contribution is -2.40. The molecule has 0 saturated carbocycles. The summed E-state index contributed by atoms with van der Waals surface area (Å²) in [6.07, 6.45) is 1.19. The number of carboxylic acid groups (broad SMARTS) is 1. The van der Waals surface area contributed by atoms with Gasteiger partial charge < -0.3 is 9.67 Å². The van der Waals surface area contributed by atoms with Crippen molar-refractivity contribution in [1.82, 2.24) is 9.47 Å². The Balaban J connectivity index is 1.47. The van der Waals surface area contributed by atoms with Crippen LogP contribution in [0.3, 0.4) is 0 Å². The Kier molecular flexibility index (Phi) is 6.01. The number of alkyl halides is 1. The monoisotopic (exact) mass is 458 g/mol. The first-order valence-electron chi connectivity index (χ1n) is 9.94. The average Bonchev–Trinajstić information content (AvgIpc) is 3.03. The number of likely N-dealkylation sites (tertiary alicyclic amines) is 1. The standard InChI is InChI=1S/C23H24BrFN2O2/c24-21-15-18-7-6-17(14-23(28)29)12-20(18)27(21)19-8-10-26(11-9-19)22(25)13-16-4-2-1-3-5-16/h1-7,12,15,19,22H,8-11,13-14H2,(H,28,29). The number of carbonyl (C=O) groups is 1. The molecule has 0 spiro atoms. The predicted octanol–water partition coefficient (Wildman–Crippen LogP) is 5.21. The third-order valence-electron chi connectivity index (χ3n) is 5.72. The summed E-state index contributed by atoms with van der Waals surface area (Å²) in [4.78, 5) is 13.0. The highest BCUT2D eigenvalue weighted by molar-refractivity contribution is 9.10. The number of rotatable bonds is 6. The second-order valence-corrected chi connectivity index (χ2v) is 8.50. The lowest BCUT2D eigenvalue weighted by atomic mass is 10.0. The van der Waals surface area contributed by atoms with Gasteiger partial charge in [0.25, 0.3) is 0 Å². The van der Waals surface area contributed by atoms with Crippen LogP contribution in [0.2, 0.25) is 0 Å². The predicted molar refractivity (Wildman–Crippen MR) is 116 cm³/mol. The van der Waals surface area contributed by atoms with E-state index in [0.717, 1.165) is 39.5 Å². The zero-order valence-electron chi connectivity index (χ0n) is 16.1. The van der Waals surface area contributed by atoms with E-state index in [0.29, 0.717) is 19.5 Å². The Bertz CT molecular complexity index is 997. The zero-order valence-corrected chi connectivity index (χ0v) is 17.7. The number of fused-ring (bicyclic) bond motifs is 1. The highest BCUT2D eigenvalue weighted by Crippen LogP contribution is 2.34. The van der Waals surface area contributed by atoms with E-state index in [2.05, 4.69) is 26.6 Å². The zero-order chi connectivity index (χ0) is 20.4. The first-order valence-corrected chi connectivity index (χ1v) is 10.7. The molecule has 0 bridgehead atoms.